The molecule has 2 aromatic carbocycles. The van der Waals surface area contributed by atoms with E-state index >= 15 is 0 Å². The number of benzene rings is 2. The maximum Gasteiger partial charge on any atom is 0.338 e. The zero-order chi connectivity index (χ0) is 23.2. The number of esters is 1. The highest BCUT2D eigenvalue weighted by molar-refractivity contribution is 5.95. The molecule has 0 bridgehead atoms. The molecule has 4 rings (SSSR count). The highest BCUT2D eigenvalue weighted by Gasteiger charge is 2.36. The summed E-state index contributed by atoms with van der Waals surface area (Å²) >= 11 is 0. The Hall–Kier alpha value is -3.52. The first-order valence-corrected chi connectivity index (χ1v) is 11.2. The molecule has 1 fully saturated rings. The molecule has 2 N–H and O–H groups in total. The van der Waals surface area contributed by atoms with Crippen LogP contribution in [0.2, 0.25) is 0 Å². The van der Waals surface area contributed by atoms with Crippen LogP contribution in [-0.4, -0.2) is 63.3 Å². The van der Waals surface area contributed by atoms with Gasteiger partial charge in [-0.1, -0.05) is 36.4 Å². The number of amides is 2. The summed E-state index contributed by atoms with van der Waals surface area (Å²) in [6.07, 6.45) is 0. The molecule has 0 aromatic heterocycles. The van der Waals surface area contributed by atoms with Gasteiger partial charge in [-0.15, -0.1) is 0 Å². The molecule has 2 aliphatic rings. The van der Waals surface area contributed by atoms with Crippen LogP contribution in [0.25, 0.3) is 0 Å². The van der Waals surface area contributed by atoms with E-state index in [1.54, 1.807) is 14.0 Å². The van der Waals surface area contributed by atoms with Gasteiger partial charge in [0.1, 0.15) is 5.75 Å². The lowest BCUT2D eigenvalue weighted by atomic mass is 9.94. The van der Waals surface area contributed by atoms with Crippen molar-refractivity contribution in [2.24, 2.45) is 0 Å². The second-order valence-corrected chi connectivity index (χ2v) is 7.98. The van der Waals surface area contributed by atoms with Crippen LogP contribution < -0.4 is 20.3 Å². The lowest BCUT2D eigenvalue weighted by Crippen LogP contribution is -2.51. The number of piperazine rings is 1. The third-order valence-corrected chi connectivity index (χ3v) is 5.97. The second-order valence-electron chi connectivity index (χ2n) is 7.98. The fourth-order valence-electron chi connectivity index (χ4n) is 4.36. The molecular weight excluding hydrogens is 420 g/mol. The normalized spacial score (nSPS) is 19.0. The number of anilines is 1. The molecule has 33 heavy (non-hydrogen) atoms. The van der Waals surface area contributed by atoms with E-state index in [4.69, 9.17) is 9.47 Å². The number of hydrogen-bond donors (Lipinski definition) is 2. The highest BCUT2D eigenvalue weighted by Crippen LogP contribution is 2.33. The monoisotopic (exact) mass is 450 g/mol. The molecule has 0 saturated carbocycles. The summed E-state index contributed by atoms with van der Waals surface area (Å²) < 4.78 is 10.9. The summed E-state index contributed by atoms with van der Waals surface area (Å²) in [6.45, 7) is 5.85. The first-order chi connectivity index (χ1) is 16.1. The minimum absolute atomic E-state index is 0.248. The summed E-state index contributed by atoms with van der Waals surface area (Å²) in [7, 11) is 1.57. The summed E-state index contributed by atoms with van der Waals surface area (Å²) in [5.41, 5.74) is 2.90. The Morgan fingerprint density at radius 3 is 2.42 bits per heavy atom. The van der Waals surface area contributed by atoms with Crippen molar-refractivity contribution < 1.29 is 19.1 Å². The number of carbonyl (C=O) groups excluding carboxylic acids is 2. The van der Waals surface area contributed by atoms with Crippen molar-refractivity contribution in [2.75, 3.05) is 51.3 Å². The Labute approximate surface area is 194 Å². The molecule has 2 aliphatic heterocycles. The van der Waals surface area contributed by atoms with E-state index in [-0.39, 0.29) is 12.6 Å². The fourth-order valence-corrected chi connectivity index (χ4v) is 4.36. The largest absolute Gasteiger partial charge is 0.496 e. The number of methoxy groups -OCH3 is 1. The number of rotatable bonds is 7. The summed E-state index contributed by atoms with van der Waals surface area (Å²) in [5, 5.41) is 5.74. The third kappa shape index (κ3) is 5.12. The molecule has 8 heteroatoms. The van der Waals surface area contributed by atoms with Crippen molar-refractivity contribution >= 4 is 17.7 Å². The van der Waals surface area contributed by atoms with Crippen molar-refractivity contribution in [1.82, 2.24) is 15.5 Å². The van der Waals surface area contributed by atoms with E-state index in [1.165, 1.54) is 5.69 Å². The first kappa shape index (κ1) is 22.7. The summed E-state index contributed by atoms with van der Waals surface area (Å²) in [5.74, 6) is 0.154. The Morgan fingerprint density at radius 2 is 1.73 bits per heavy atom. The number of hydrogen-bond acceptors (Lipinski definition) is 6. The minimum atomic E-state index is -0.658. The molecule has 2 amide bonds. The van der Waals surface area contributed by atoms with Gasteiger partial charge in [-0.25, -0.2) is 9.59 Å². The predicted octanol–water partition coefficient (Wildman–Crippen LogP) is 2.69. The zero-order valence-electron chi connectivity index (χ0n) is 19.0. The number of carbonyl (C=O) groups is 2. The predicted molar refractivity (Wildman–Crippen MR) is 126 cm³/mol. The van der Waals surface area contributed by atoms with Crippen molar-refractivity contribution in [3.63, 3.8) is 0 Å². The molecule has 1 saturated heterocycles. The third-order valence-electron chi connectivity index (χ3n) is 5.97. The smallest absolute Gasteiger partial charge is 0.338 e. The van der Waals surface area contributed by atoms with Gasteiger partial charge in [0.15, 0.2) is 0 Å². The minimum Gasteiger partial charge on any atom is -0.496 e. The Balaban J connectivity index is 1.59. The van der Waals surface area contributed by atoms with Crippen LogP contribution in [-0.2, 0) is 9.53 Å². The molecule has 8 nitrogen and oxygen atoms in total. The van der Waals surface area contributed by atoms with Gasteiger partial charge in [-0.05, 0) is 25.1 Å². The quantitative estimate of drug-likeness (QED) is 0.631. The van der Waals surface area contributed by atoms with Crippen LogP contribution in [0.5, 0.6) is 5.75 Å². The summed E-state index contributed by atoms with van der Waals surface area (Å²) in [4.78, 5) is 30.2. The van der Waals surface area contributed by atoms with E-state index in [0.29, 0.717) is 29.1 Å². The van der Waals surface area contributed by atoms with Crippen LogP contribution >= 0.6 is 0 Å². The molecule has 174 valence electrons. The van der Waals surface area contributed by atoms with E-state index < -0.39 is 12.0 Å². The number of urea groups is 1. The van der Waals surface area contributed by atoms with Gasteiger partial charge in [0.25, 0.3) is 0 Å². The van der Waals surface area contributed by atoms with Gasteiger partial charge in [0.2, 0.25) is 0 Å². The fraction of sp³-hybridized carbons (Fsp3) is 0.360. The molecule has 2 aromatic rings. The Morgan fingerprint density at radius 1 is 1.03 bits per heavy atom. The van der Waals surface area contributed by atoms with E-state index in [2.05, 4.69) is 32.6 Å². The summed E-state index contributed by atoms with van der Waals surface area (Å²) in [6, 6.07) is 16.7. The molecule has 1 atom stereocenters. The van der Waals surface area contributed by atoms with Crippen molar-refractivity contribution in [1.29, 1.82) is 0 Å². The molecular formula is C25H30N4O4. The van der Waals surface area contributed by atoms with Crippen LogP contribution in [0, 0.1) is 0 Å². The Bertz CT molecular complexity index is 1020. The van der Waals surface area contributed by atoms with Gasteiger partial charge in [-0.3, -0.25) is 4.90 Å². The van der Waals surface area contributed by atoms with Crippen LogP contribution in [0.3, 0.4) is 0 Å². The average Bonchev–Trinajstić information content (AvgIpc) is 2.84. The highest BCUT2D eigenvalue weighted by atomic mass is 16.5. The van der Waals surface area contributed by atoms with Crippen LogP contribution in [0.1, 0.15) is 18.5 Å². The van der Waals surface area contributed by atoms with Gasteiger partial charge in [0.05, 0.1) is 25.3 Å². The maximum absolute atomic E-state index is 13.0. The van der Waals surface area contributed by atoms with Crippen molar-refractivity contribution in [3.8, 4) is 5.75 Å². The van der Waals surface area contributed by atoms with E-state index in [0.717, 1.165) is 26.2 Å². The number of nitrogens with zero attached hydrogens (tertiary/aromatic N) is 2. The Kier molecular flexibility index (Phi) is 7.14. The maximum atomic E-state index is 13.0. The van der Waals surface area contributed by atoms with Gasteiger partial charge < -0.3 is 25.0 Å². The molecule has 2 heterocycles. The molecule has 0 spiro atoms. The number of nitrogens with one attached hydrogen (secondary N) is 2. The second kappa shape index (κ2) is 10.4. The lowest BCUT2D eigenvalue weighted by molar-refractivity contribution is -0.139. The standard InChI is InChI=1S/C25H30N4O4/c1-3-33-24(30)22-20(17-28-13-15-29(16-14-28)18-9-5-4-6-10-18)26-25(31)27-23(22)19-11-7-8-12-21(19)32-2/h4-12,23H,3,13-17H2,1-2H3,(H2,26,27,31). The van der Waals surface area contributed by atoms with Gasteiger partial charge in [0, 0.05) is 49.7 Å². The van der Waals surface area contributed by atoms with E-state index in [1.807, 2.05) is 42.5 Å². The number of ether oxygens (including phenoxy) is 2. The van der Waals surface area contributed by atoms with Crippen molar-refractivity contribution in [2.45, 2.75) is 13.0 Å². The van der Waals surface area contributed by atoms with Gasteiger partial charge in [-0.2, -0.15) is 0 Å². The van der Waals surface area contributed by atoms with E-state index in [9.17, 15) is 9.59 Å². The van der Waals surface area contributed by atoms with Crippen LogP contribution in [0.15, 0.2) is 65.9 Å². The van der Waals surface area contributed by atoms with Gasteiger partial charge >= 0.3 is 12.0 Å². The van der Waals surface area contributed by atoms with Crippen molar-refractivity contribution in [3.05, 3.63) is 71.4 Å². The SMILES string of the molecule is CCOC(=O)C1=C(CN2CCN(c3ccccc3)CC2)NC(=O)NC1c1ccccc1OC. The average molecular weight is 451 g/mol. The molecule has 0 radical (unpaired) electrons. The molecule has 1 unspecified atom stereocenters. The lowest BCUT2D eigenvalue weighted by Gasteiger charge is -2.38. The zero-order valence-corrected chi connectivity index (χ0v) is 19.0. The first-order valence-electron chi connectivity index (χ1n) is 11.2. The van der Waals surface area contributed by atoms with Crippen LogP contribution in [0.4, 0.5) is 10.5 Å². The molecule has 0 aliphatic carbocycles. The number of para-hydroxylation sites is 2. The topological polar surface area (TPSA) is 83.1 Å².